The van der Waals surface area contributed by atoms with Crippen LogP contribution in [0.1, 0.15) is 18.1 Å². The van der Waals surface area contributed by atoms with Crippen LogP contribution < -0.4 is 5.32 Å². The minimum atomic E-state index is -4.60. The van der Waals surface area contributed by atoms with Crippen molar-refractivity contribution in [3.8, 4) is 0 Å². The molecule has 1 N–H and O–H groups in total. The summed E-state index contributed by atoms with van der Waals surface area (Å²) in [7, 11) is 0. The number of anilines is 1. The van der Waals surface area contributed by atoms with E-state index in [9.17, 15) is 22.8 Å². The summed E-state index contributed by atoms with van der Waals surface area (Å²) in [5, 5.41) is 2.79. The number of hydrogen-bond acceptors (Lipinski definition) is 3. The Labute approximate surface area is 173 Å². The molecular formula is C18H13Cl3F3NO3. The van der Waals surface area contributed by atoms with Gasteiger partial charge in [0.05, 0.1) is 22.7 Å². The van der Waals surface area contributed by atoms with Crippen LogP contribution in [-0.4, -0.2) is 18.0 Å². The van der Waals surface area contributed by atoms with Crippen LogP contribution in [0.2, 0.25) is 15.1 Å². The molecule has 0 saturated carbocycles. The lowest BCUT2D eigenvalue weighted by molar-refractivity contribution is -0.152. The maximum absolute atomic E-state index is 12.8. The number of nitrogens with one attached hydrogen (secondary N) is 1. The summed E-state index contributed by atoms with van der Waals surface area (Å²) in [6, 6.07) is 7.04. The van der Waals surface area contributed by atoms with Gasteiger partial charge in [0.2, 0.25) is 0 Å². The molecule has 1 unspecified atom stereocenters. The van der Waals surface area contributed by atoms with Gasteiger partial charge >= 0.3 is 12.1 Å². The molecule has 0 aromatic heterocycles. The fraction of sp³-hybridized carbons (Fsp3) is 0.222. The number of carbonyl (C=O) groups is 2. The zero-order chi connectivity index (χ0) is 21.1. The second kappa shape index (κ2) is 9.03. The molecule has 2 aromatic carbocycles. The van der Waals surface area contributed by atoms with Crippen molar-refractivity contribution in [2.24, 2.45) is 0 Å². The van der Waals surface area contributed by atoms with Gasteiger partial charge in [0.1, 0.15) is 0 Å². The molecule has 1 atom stereocenters. The first-order chi connectivity index (χ1) is 13.0. The Morgan fingerprint density at radius 1 is 1.07 bits per heavy atom. The van der Waals surface area contributed by atoms with Crippen LogP contribution in [0.25, 0.3) is 0 Å². The van der Waals surface area contributed by atoms with Gasteiger partial charge in [-0.05, 0) is 42.8 Å². The largest absolute Gasteiger partial charge is 0.452 e. The van der Waals surface area contributed by atoms with Crippen LogP contribution in [-0.2, 0) is 26.9 Å². The predicted molar refractivity (Wildman–Crippen MR) is 101 cm³/mol. The fourth-order valence-electron chi connectivity index (χ4n) is 2.14. The summed E-state index contributed by atoms with van der Waals surface area (Å²) in [6.45, 7) is 1.28. The summed E-state index contributed by atoms with van der Waals surface area (Å²) in [4.78, 5) is 24.2. The van der Waals surface area contributed by atoms with Crippen molar-refractivity contribution in [3.05, 3.63) is 62.6 Å². The monoisotopic (exact) mass is 453 g/mol. The van der Waals surface area contributed by atoms with Crippen molar-refractivity contribution >= 4 is 52.4 Å². The molecule has 0 heterocycles. The highest BCUT2D eigenvalue weighted by Gasteiger charge is 2.31. The van der Waals surface area contributed by atoms with E-state index in [-0.39, 0.29) is 22.2 Å². The Balaban J connectivity index is 2.02. The van der Waals surface area contributed by atoms with Crippen molar-refractivity contribution < 1.29 is 27.5 Å². The van der Waals surface area contributed by atoms with Crippen LogP contribution in [0, 0.1) is 0 Å². The molecule has 150 valence electrons. The molecule has 0 aliphatic heterocycles. The zero-order valence-electron chi connectivity index (χ0n) is 14.2. The van der Waals surface area contributed by atoms with Crippen LogP contribution in [0.5, 0.6) is 0 Å². The summed E-state index contributed by atoms with van der Waals surface area (Å²) >= 11 is 17.6. The molecule has 0 spiro atoms. The topological polar surface area (TPSA) is 55.4 Å². The summed E-state index contributed by atoms with van der Waals surface area (Å²) in [5.41, 5.74) is -0.774. The van der Waals surface area contributed by atoms with Crippen molar-refractivity contribution in [2.75, 3.05) is 5.32 Å². The number of halogens is 6. The van der Waals surface area contributed by atoms with Crippen molar-refractivity contribution in [3.63, 3.8) is 0 Å². The van der Waals surface area contributed by atoms with Crippen molar-refractivity contribution in [1.29, 1.82) is 0 Å². The Morgan fingerprint density at radius 3 is 2.36 bits per heavy atom. The Morgan fingerprint density at radius 2 is 1.75 bits per heavy atom. The van der Waals surface area contributed by atoms with Gasteiger partial charge < -0.3 is 10.1 Å². The van der Waals surface area contributed by atoms with E-state index in [1.807, 2.05) is 0 Å². The van der Waals surface area contributed by atoms with Gasteiger partial charge in [-0.3, -0.25) is 9.59 Å². The Bertz CT molecular complexity index is 903. The SMILES string of the molecule is CC(OC(=O)Cc1ccc(Cl)cc1Cl)C(=O)Nc1cc(C(F)(F)F)ccc1Cl. The molecule has 0 aliphatic rings. The summed E-state index contributed by atoms with van der Waals surface area (Å²) in [6.07, 6.45) is -6.08. The second-order valence-corrected chi connectivity index (χ2v) is 6.98. The molecule has 0 radical (unpaired) electrons. The van der Waals surface area contributed by atoms with E-state index in [0.717, 1.165) is 12.1 Å². The number of amides is 1. The highest BCUT2D eigenvalue weighted by molar-refractivity contribution is 6.35. The number of rotatable bonds is 5. The fourth-order valence-corrected chi connectivity index (χ4v) is 2.78. The molecule has 1 amide bonds. The van der Waals surface area contributed by atoms with Crippen molar-refractivity contribution in [2.45, 2.75) is 25.6 Å². The van der Waals surface area contributed by atoms with Crippen LogP contribution in [0.3, 0.4) is 0 Å². The van der Waals surface area contributed by atoms with Gasteiger partial charge in [-0.25, -0.2) is 0 Å². The molecule has 2 rings (SSSR count). The van der Waals surface area contributed by atoms with E-state index in [1.54, 1.807) is 12.1 Å². The first-order valence-electron chi connectivity index (χ1n) is 7.78. The van der Waals surface area contributed by atoms with Gasteiger partial charge in [0, 0.05) is 10.0 Å². The number of alkyl halides is 3. The quantitative estimate of drug-likeness (QED) is 0.583. The summed E-state index contributed by atoms with van der Waals surface area (Å²) in [5.74, 6) is -1.58. The smallest absolute Gasteiger partial charge is 0.416 e. The van der Waals surface area contributed by atoms with E-state index >= 15 is 0 Å². The molecule has 0 saturated heterocycles. The number of esters is 1. The Hall–Kier alpha value is -1.96. The zero-order valence-corrected chi connectivity index (χ0v) is 16.5. The normalized spacial score (nSPS) is 12.4. The Kier molecular flexibility index (Phi) is 7.20. The highest BCUT2D eigenvalue weighted by atomic mass is 35.5. The lowest BCUT2D eigenvalue weighted by Gasteiger charge is -2.16. The van der Waals surface area contributed by atoms with Gasteiger partial charge in [-0.15, -0.1) is 0 Å². The van der Waals surface area contributed by atoms with Gasteiger partial charge in [0.15, 0.2) is 6.10 Å². The molecule has 28 heavy (non-hydrogen) atoms. The average molecular weight is 455 g/mol. The average Bonchev–Trinajstić information content (AvgIpc) is 2.58. The molecule has 10 heteroatoms. The number of benzene rings is 2. The van der Waals surface area contributed by atoms with E-state index in [2.05, 4.69) is 5.32 Å². The van der Waals surface area contributed by atoms with E-state index in [1.165, 1.54) is 13.0 Å². The molecule has 2 aromatic rings. The van der Waals surface area contributed by atoms with Crippen molar-refractivity contribution in [1.82, 2.24) is 0 Å². The molecule has 0 aliphatic carbocycles. The van der Waals surface area contributed by atoms with E-state index in [0.29, 0.717) is 16.7 Å². The lowest BCUT2D eigenvalue weighted by Crippen LogP contribution is -2.30. The summed E-state index contributed by atoms with van der Waals surface area (Å²) < 4.78 is 43.4. The molecule has 0 bridgehead atoms. The number of carbonyl (C=O) groups excluding carboxylic acids is 2. The van der Waals surface area contributed by atoms with Gasteiger partial charge in [-0.1, -0.05) is 40.9 Å². The predicted octanol–water partition coefficient (Wildman–Crippen LogP) is 5.78. The number of ether oxygens (including phenoxy) is 1. The molecule has 0 fully saturated rings. The first kappa shape index (κ1) is 22.3. The third kappa shape index (κ3) is 6.02. The third-order valence-corrected chi connectivity index (χ3v) is 4.50. The lowest BCUT2D eigenvalue weighted by atomic mass is 10.1. The highest BCUT2D eigenvalue weighted by Crippen LogP contribution is 2.34. The minimum Gasteiger partial charge on any atom is -0.452 e. The third-order valence-electron chi connectivity index (χ3n) is 3.58. The van der Waals surface area contributed by atoms with Crippen LogP contribution in [0.15, 0.2) is 36.4 Å². The first-order valence-corrected chi connectivity index (χ1v) is 8.92. The number of hydrogen-bond donors (Lipinski definition) is 1. The standard InChI is InChI=1S/C18H13Cl3F3NO3/c1-9(28-16(26)6-10-2-4-12(19)8-14(10)21)17(27)25-15-7-11(18(22,23)24)3-5-13(15)20/h2-5,7-9H,6H2,1H3,(H,25,27). The van der Waals surface area contributed by atoms with E-state index < -0.39 is 29.7 Å². The molecule has 4 nitrogen and oxygen atoms in total. The maximum atomic E-state index is 12.8. The molecular weight excluding hydrogens is 442 g/mol. The van der Waals surface area contributed by atoms with Gasteiger partial charge in [0.25, 0.3) is 5.91 Å². The van der Waals surface area contributed by atoms with Gasteiger partial charge in [-0.2, -0.15) is 13.2 Å². The van der Waals surface area contributed by atoms with Crippen LogP contribution in [0.4, 0.5) is 18.9 Å². The second-order valence-electron chi connectivity index (χ2n) is 5.73. The van der Waals surface area contributed by atoms with Crippen LogP contribution >= 0.6 is 34.8 Å². The minimum absolute atomic E-state index is 0.0900. The maximum Gasteiger partial charge on any atom is 0.416 e. The van der Waals surface area contributed by atoms with E-state index in [4.69, 9.17) is 39.5 Å².